The van der Waals surface area contributed by atoms with E-state index in [1.54, 1.807) is 28.8 Å². The molecule has 0 bridgehead atoms. The van der Waals surface area contributed by atoms with Crippen LogP contribution in [-0.2, 0) is 22.7 Å². The van der Waals surface area contributed by atoms with Crippen molar-refractivity contribution in [3.63, 3.8) is 0 Å². The number of nitrogens with one attached hydrogen (secondary N) is 2. The average molecular weight is 425 g/mol. The van der Waals surface area contributed by atoms with Crippen LogP contribution in [0.25, 0.3) is 0 Å². The molecule has 1 aromatic carbocycles. The monoisotopic (exact) mass is 424 g/mol. The van der Waals surface area contributed by atoms with Crippen molar-refractivity contribution in [3.8, 4) is 0 Å². The zero-order valence-corrected chi connectivity index (χ0v) is 17.5. The van der Waals surface area contributed by atoms with Gasteiger partial charge in [0.1, 0.15) is 6.54 Å². The Labute approximate surface area is 173 Å². The number of thioether (sulfide) groups is 1. The second-order valence-electron chi connectivity index (χ2n) is 6.65. The number of hydrogen-bond acceptors (Lipinski definition) is 5. The minimum Gasteiger partial charge on any atom is -0.390 e. The Kier molecular flexibility index (Phi) is 8.82. The fraction of sp³-hybridized carbons (Fsp3) is 0.421. The summed E-state index contributed by atoms with van der Waals surface area (Å²) in [4.78, 5) is 28.6. The minimum absolute atomic E-state index is 0.0507. The summed E-state index contributed by atoms with van der Waals surface area (Å²) in [6, 6.07) is 6.83. The number of aromatic nitrogens is 2. The molecule has 9 heteroatoms. The molecule has 28 heavy (non-hydrogen) atoms. The first-order valence-electron chi connectivity index (χ1n) is 8.99. The van der Waals surface area contributed by atoms with Crippen LogP contribution in [0, 0.1) is 5.92 Å². The maximum atomic E-state index is 12.2. The fourth-order valence-electron chi connectivity index (χ4n) is 2.36. The molecule has 3 N–H and O–H groups in total. The maximum Gasteiger partial charge on any atom is 0.240 e. The highest BCUT2D eigenvalue weighted by atomic mass is 35.5. The molecule has 0 aliphatic rings. The van der Waals surface area contributed by atoms with Gasteiger partial charge in [0, 0.05) is 17.3 Å². The molecule has 7 nitrogen and oxygen atoms in total. The highest BCUT2D eigenvalue weighted by Crippen LogP contribution is 2.20. The van der Waals surface area contributed by atoms with Crippen molar-refractivity contribution in [1.82, 2.24) is 14.9 Å². The van der Waals surface area contributed by atoms with E-state index in [4.69, 9.17) is 11.6 Å². The van der Waals surface area contributed by atoms with Gasteiger partial charge in [0.2, 0.25) is 11.8 Å². The predicted molar refractivity (Wildman–Crippen MR) is 111 cm³/mol. The molecular weight excluding hydrogens is 400 g/mol. The number of carbonyl (C=O) groups is 2. The number of halogens is 1. The summed E-state index contributed by atoms with van der Waals surface area (Å²) >= 11 is 7.04. The van der Waals surface area contributed by atoms with Crippen LogP contribution in [0.3, 0.4) is 0 Å². The molecule has 1 aromatic heterocycles. The van der Waals surface area contributed by atoms with E-state index >= 15 is 0 Å². The molecule has 0 saturated heterocycles. The van der Waals surface area contributed by atoms with Crippen molar-refractivity contribution in [1.29, 1.82) is 0 Å². The number of anilines is 1. The third-order valence-electron chi connectivity index (χ3n) is 3.87. The Morgan fingerprint density at radius 2 is 1.96 bits per heavy atom. The number of imidazole rings is 1. The summed E-state index contributed by atoms with van der Waals surface area (Å²) in [7, 11) is 0. The molecule has 2 aromatic rings. The minimum atomic E-state index is -0.232. The van der Waals surface area contributed by atoms with E-state index in [0.717, 1.165) is 6.42 Å². The summed E-state index contributed by atoms with van der Waals surface area (Å²) in [6.45, 7) is 4.61. The van der Waals surface area contributed by atoms with E-state index in [9.17, 15) is 14.7 Å². The molecule has 0 fully saturated rings. The van der Waals surface area contributed by atoms with Gasteiger partial charge in [-0.3, -0.25) is 9.59 Å². The van der Waals surface area contributed by atoms with Crippen LogP contribution in [0.15, 0.2) is 35.6 Å². The van der Waals surface area contributed by atoms with Gasteiger partial charge >= 0.3 is 0 Å². The van der Waals surface area contributed by atoms with Crippen molar-refractivity contribution in [2.45, 2.75) is 38.6 Å². The van der Waals surface area contributed by atoms with Crippen molar-refractivity contribution in [3.05, 3.63) is 41.2 Å². The van der Waals surface area contributed by atoms with Crippen molar-refractivity contribution < 1.29 is 14.7 Å². The number of benzene rings is 1. The van der Waals surface area contributed by atoms with E-state index in [0.29, 0.717) is 34.0 Å². The fourth-order valence-corrected chi connectivity index (χ4v) is 3.29. The number of aliphatic hydroxyl groups excluding tert-OH is 1. The lowest BCUT2D eigenvalue weighted by Crippen LogP contribution is -2.30. The van der Waals surface area contributed by atoms with Crippen LogP contribution in [0.1, 0.15) is 26.0 Å². The van der Waals surface area contributed by atoms with Gasteiger partial charge in [-0.15, -0.1) is 0 Å². The van der Waals surface area contributed by atoms with E-state index in [1.165, 1.54) is 18.0 Å². The van der Waals surface area contributed by atoms with Gasteiger partial charge in [0.05, 0.1) is 24.3 Å². The lowest BCUT2D eigenvalue weighted by Gasteiger charge is -2.12. The number of amides is 2. The van der Waals surface area contributed by atoms with Gasteiger partial charge in [-0.05, 0) is 36.6 Å². The standard InChI is InChI=1S/C19H25ClN4O3S/c1-13(2)7-8-21-17(26)10-24-16(11-25)9-22-19(24)28-12-18(27)23-15-5-3-14(20)4-6-15/h3-6,9,13,25H,7-8,10-12H2,1-2H3,(H,21,26)(H,23,27). The topological polar surface area (TPSA) is 96.2 Å². The van der Waals surface area contributed by atoms with Gasteiger partial charge in [-0.25, -0.2) is 4.98 Å². The second kappa shape index (κ2) is 11.1. The van der Waals surface area contributed by atoms with Gasteiger partial charge in [-0.1, -0.05) is 37.2 Å². The Hall–Kier alpha value is -2.03. The summed E-state index contributed by atoms with van der Waals surface area (Å²) in [5.41, 5.74) is 1.18. The Balaban J connectivity index is 1.92. The molecule has 1 heterocycles. The number of carbonyl (C=O) groups excluding carboxylic acids is 2. The van der Waals surface area contributed by atoms with E-state index in [-0.39, 0.29) is 30.7 Å². The zero-order valence-electron chi connectivity index (χ0n) is 15.9. The molecular formula is C19H25ClN4O3S. The SMILES string of the molecule is CC(C)CCNC(=O)Cn1c(CO)cnc1SCC(=O)Nc1ccc(Cl)cc1. The first kappa shape index (κ1) is 22.3. The van der Waals surface area contributed by atoms with Crippen molar-refractivity contribution in [2.75, 3.05) is 17.6 Å². The van der Waals surface area contributed by atoms with Gasteiger partial charge in [-0.2, -0.15) is 0 Å². The molecule has 0 spiro atoms. The van der Waals surface area contributed by atoms with E-state index in [1.807, 2.05) is 0 Å². The quantitative estimate of drug-likeness (QED) is 0.509. The van der Waals surface area contributed by atoms with Crippen LogP contribution >= 0.6 is 23.4 Å². The number of hydrogen-bond donors (Lipinski definition) is 3. The second-order valence-corrected chi connectivity index (χ2v) is 8.03. The number of aliphatic hydroxyl groups is 1. The van der Waals surface area contributed by atoms with E-state index < -0.39 is 0 Å². The van der Waals surface area contributed by atoms with Gasteiger partial charge < -0.3 is 20.3 Å². The largest absolute Gasteiger partial charge is 0.390 e. The molecule has 0 aliphatic heterocycles. The zero-order chi connectivity index (χ0) is 20.5. The molecule has 0 unspecified atom stereocenters. The molecule has 0 radical (unpaired) electrons. The van der Waals surface area contributed by atoms with E-state index in [2.05, 4.69) is 29.5 Å². The molecule has 0 atom stereocenters. The molecule has 0 aliphatic carbocycles. The summed E-state index contributed by atoms with van der Waals surface area (Å²) in [5.74, 6) is 0.279. The average Bonchev–Trinajstić information content (AvgIpc) is 3.03. The first-order valence-corrected chi connectivity index (χ1v) is 10.4. The van der Waals surface area contributed by atoms with Crippen molar-refractivity contribution >= 4 is 40.9 Å². The number of nitrogens with zero attached hydrogens (tertiary/aromatic N) is 2. The van der Waals surface area contributed by atoms with Crippen LogP contribution in [0.4, 0.5) is 5.69 Å². The molecule has 152 valence electrons. The lowest BCUT2D eigenvalue weighted by atomic mass is 10.1. The number of rotatable bonds is 10. The summed E-state index contributed by atoms with van der Waals surface area (Å²) in [5, 5.41) is 16.2. The Morgan fingerprint density at radius 1 is 1.25 bits per heavy atom. The van der Waals surface area contributed by atoms with Crippen LogP contribution in [-0.4, -0.2) is 38.8 Å². The van der Waals surface area contributed by atoms with Crippen molar-refractivity contribution in [2.24, 2.45) is 5.92 Å². The highest BCUT2D eigenvalue weighted by molar-refractivity contribution is 7.99. The Bertz CT molecular complexity index is 793. The predicted octanol–water partition coefficient (Wildman–Crippen LogP) is 2.92. The highest BCUT2D eigenvalue weighted by Gasteiger charge is 2.15. The normalized spacial score (nSPS) is 10.9. The summed E-state index contributed by atoms with van der Waals surface area (Å²) < 4.78 is 1.63. The molecule has 0 saturated carbocycles. The Morgan fingerprint density at radius 3 is 2.61 bits per heavy atom. The smallest absolute Gasteiger partial charge is 0.240 e. The first-order chi connectivity index (χ1) is 13.4. The van der Waals surface area contributed by atoms with Gasteiger partial charge in [0.25, 0.3) is 0 Å². The third kappa shape index (κ3) is 7.18. The molecule has 2 rings (SSSR count). The van der Waals surface area contributed by atoms with Crippen LogP contribution < -0.4 is 10.6 Å². The summed E-state index contributed by atoms with van der Waals surface area (Å²) in [6.07, 6.45) is 2.41. The lowest BCUT2D eigenvalue weighted by molar-refractivity contribution is -0.121. The van der Waals surface area contributed by atoms with Crippen LogP contribution in [0.2, 0.25) is 5.02 Å². The van der Waals surface area contributed by atoms with Crippen LogP contribution in [0.5, 0.6) is 0 Å². The molecule has 2 amide bonds. The maximum absolute atomic E-state index is 12.2. The van der Waals surface area contributed by atoms with Gasteiger partial charge in [0.15, 0.2) is 5.16 Å². The third-order valence-corrected chi connectivity index (χ3v) is 5.11.